The molecule has 1 saturated heterocycles. The van der Waals surface area contributed by atoms with Crippen LogP contribution in [-0.2, 0) is 11.3 Å². The zero-order valence-corrected chi connectivity index (χ0v) is 19.9. The van der Waals surface area contributed by atoms with Gasteiger partial charge < -0.3 is 24.7 Å². The molecule has 0 radical (unpaired) electrons. The Morgan fingerprint density at radius 1 is 1.36 bits per heavy atom. The smallest absolute Gasteiger partial charge is 0.410 e. The highest BCUT2D eigenvalue weighted by atomic mass is 35.5. The van der Waals surface area contributed by atoms with Crippen molar-refractivity contribution < 1.29 is 18.9 Å². The number of imidazole rings is 1. The molecule has 1 aliphatic rings. The minimum absolute atomic E-state index is 0.135. The largest absolute Gasteiger partial charge is 0.489 e. The molecule has 3 aromatic rings. The normalized spacial score (nSPS) is 16.9. The van der Waals surface area contributed by atoms with E-state index in [0.29, 0.717) is 54.5 Å². The van der Waals surface area contributed by atoms with Crippen molar-refractivity contribution in [1.82, 2.24) is 29.7 Å². The second kappa shape index (κ2) is 9.05. The Hall–Kier alpha value is -3.08. The molecule has 0 spiro atoms. The molecule has 1 atom stereocenters. The van der Waals surface area contributed by atoms with Gasteiger partial charge in [-0.2, -0.15) is 0 Å². The maximum atomic E-state index is 12.5. The lowest BCUT2D eigenvalue weighted by Gasteiger charge is -2.34. The van der Waals surface area contributed by atoms with Gasteiger partial charge in [0.2, 0.25) is 0 Å². The molecule has 0 bridgehead atoms. The molecule has 3 aromatic heterocycles. The number of ether oxygens (including phenoxy) is 2. The van der Waals surface area contributed by atoms with Gasteiger partial charge >= 0.3 is 6.09 Å². The summed E-state index contributed by atoms with van der Waals surface area (Å²) in [4.78, 5) is 23.0. The SMILES string of the molecule is CCn1c(-c2nonc2N)nc2c(Cl)ncc(OCC3CCCN(C(=O)OC(C)(C)C)C3)c21. The standard InChI is InChI=1S/C21H28ClN7O4/c1-5-29-16-13(9-24-17(22)14(16)25-19(29)15-18(23)27-33-26-15)31-11-12-7-6-8-28(10-12)20(30)32-21(2,3)4/h9,12H,5-8,10-11H2,1-4H3,(H2,23,27). The third kappa shape index (κ3) is 4.82. The Kier molecular flexibility index (Phi) is 6.33. The van der Waals surface area contributed by atoms with E-state index in [4.69, 9.17) is 31.4 Å². The molecule has 33 heavy (non-hydrogen) atoms. The summed E-state index contributed by atoms with van der Waals surface area (Å²) in [5, 5.41) is 7.76. The quantitative estimate of drug-likeness (QED) is 0.544. The van der Waals surface area contributed by atoms with Gasteiger partial charge in [-0.25, -0.2) is 19.4 Å². The monoisotopic (exact) mass is 477 g/mol. The number of carbonyl (C=O) groups excluding carboxylic acids is 1. The van der Waals surface area contributed by atoms with Gasteiger partial charge in [-0.3, -0.25) is 0 Å². The fourth-order valence-corrected chi connectivity index (χ4v) is 4.11. The topological polar surface area (TPSA) is 134 Å². The number of nitrogen functional groups attached to an aromatic ring is 1. The summed E-state index contributed by atoms with van der Waals surface area (Å²) in [7, 11) is 0. The van der Waals surface area contributed by atoms with Gasteiger partial charge in [0, 0.05) is 25.6 Å². The molecule has 0 aliphatic carbocycles. The predicted octanol–water partition coefficient (Wildman–Crippen LogP) is 3.76. The number of pyridine rings is 1. The van der Waals surface area contributed by atoms with E-state index in [1.807, 2.05) is 32.3 Å². The lowest BCUT2D eigenvalue weighted by atomic mass is 9.99. The third-order valence-electron chi connectivity index (χ3n) is 5.38. The molecule has 1 amide bonds. The van der Waals surface area contributed by atoms with E-state index in [9.17, 15) is 4.79 Å². The van der Waals surface area contributed by atoms with Crippen molar-refractivity contribution in [3.05, 3.63) is 11.3 Å². The minimum Gasteiger partial charge on any atom is -0.489 e. The van der Waals surface area contributed by atoms with Gasteiger partial charge in [0.15, 0.2) is 28.2 Å². The number of carbonyl (C=O) groups is 1. The second-order valence-electron chi connectivity index (χ2n) is 9.03. The van der Waals surface area contributed by atoms with Crippen LogP contribution in [0.2, 0.25) is 5.15 Å². The number of anilines is 1. The molecule has 1 fully saturated rings. The molecule has 11 nitrogen and oxygen atoms in total. The fraction of sp³-hybridized carbons (Fsp3) is 0.571. The maximum Gasteiger partial charge on any atom is 0.410 e. The van der Waals surface area contributed by atoms with Crippen LogP contribution in [-0.4, -0.2) is 61.1 Å². The number of hydrogen-bond acceptors (Lipinski definition) is 9. The van der Waals surface area contributed by atoms with Crippen LogP contribution < -0.4 is 10.5 Å². The Morgan fingerprint density at radius 3 is 2.82 bits per heavy atom. The number of fused-ring (bicyclic) bond motifs is 1. The van der Waals surface area contributed by atoms with Gasteiger partial charge in [0.1, 0.15) is 16.6 Å². The van der Waals surface area contributed by atoms with Crippen molar-refractivity contribution in [3.8, 4) is 17.3 Å². The summed E-state index contributed by atoms with van der Waals surface area (Å²) in [6, 6.07) is 0. The van der Waals surface area contributed by atoms with E-state index in [-0.39, 0.29) is 23.0 Å². The van der Waals surface area contributed by atoms with Gasteiger partial charge in [0.05, 0.1) is 12.8 Å². The van der Waals surface area contributed by atoms with Gasteiger partial charge in [-0.1, -0.05) is 11.6 Å². The van der Waals surface area contributed by atoms with Crippen LogP contribution in [0.25, 0.3) is 22.6 Å². The Labute approximate surface area is 196 Å². The number of hydrogen-bond donors (Lipinski definition) is 1. The first-order valence-corrected chi connectivity index (χ1v) is 11.3. The van der Waals surface area contributed by atoms with Gasteiger partial charge in [0.25, 0.3) is 0 Å². The van der Waals surface area contributed by atoms with Crippen LogP contribution in [0, 0.1) is 5.92 Å². The van der Waals surface area contributed by atoms with Gasteiger partial charge in [-0.05, 0) is 50.8 Å². The molecule has 0 aromatic carbocycles. The number of aromatic nitrogens is 5. The zero-order valence-electron chi connectivity index (χ0n) is 19.2. The summed E-state index contributed by atoms with van der Waals surface area (Å²) < 4.78 is 18.3. The van der Waals surface area contributed by atoms with Crippen molar-refractivity contribution in [2.24, 2.45) is 5.92 Å². The molecular weight excluding hydrogens is 450 g/mol. The number of nitrogens with zero attached hydrogens (tertiary/aromatic N) is 6. The summed E-state index contributed by atoms with van der Waals surface area (Å²) in [6.45, 7) is 9.77. The minimum atomic E-state index is -0.528. The van der Waals surface area contributed by atoms with Crippen LogP contribution in [0.1, 0.15) is 40.5 Å². The maximum absolute atomic E-state index is 12.5. The number of piperidine rings is 1. The molecule has 0 saturated carbocycles. The molecular formula is C21H28ClN7O4. The van der Waals surface area contributed by atoms with Crippen molar-refractivity contribution in [2.45, 2.75) is 52.7 Å². The average molecular weight is 478 g/mol. The molecule has 178 valence electrons. The fourth-order valence-electron chi connectivity index (χ4n) is 3.93. The average Bonchev–Trinajstić information content (AvgIpc) is 3.36. The number of likely N-dealkylation sites (tertiary alicyclic amines) is 1. The van der Waals surface area contributed by atoms with Crippen LogP contribution in [0.15, 0.2) is 10.8 Å². The van der Waals surface area contributed by atoms with Crippen LogP contribution in [0.4, 0.5) is 10.6 Å². The van der Waals surface area contributed by atoms with E-state index < -0.39 is 5.60 Å². The molecule has 12 heteroatoms. The predicted molar refractivity (Wildman–Crippen MR) is 122 cm³/mol. The van der Waals surface area contributed by atoms with Gasteiger partial charge in [-0.15, -0.1) is 0 Å². The van der Waals surface area contributed by atoms with E-state index >= 15 is 0 Å². The number of halogens is 1. The molecule has 1 unspecified atom stereocenters. The first-order valence-electron chi connectivity index (χ1n) is 10.9. The second-order valence-corrected chi connectivity index (χ2v) is 9.39. The van der Waals surface area contributed by atoms with E-state index in [1.54, 1.807) is 11.1 Å². The Morgan fingerprint density at radius 2 is 2.15 bits per heavy atom. The van der Waals surface area contributed by atoms with Crippen molar-refractivity contribution in [3.63, 3.8) is 0 Å². The zero-order chi connectivity index (χ0) is 23.8. The molecule has 1 aliphatic heterocycles. The van der Waals surface area contributed by atoms with E-state index in [1.165, 1.54) is 0 Å². The lowest BCUT2D eigenvalue weighted by Crippen LogP contribution is -2.44. The summed E-state index contributed by atoms with van der Waals surface area (Å²) >= 11 is 6.34. The number of rotatable bonds is 5. The Bertz CT molecular complexity index is 1150. The highest BCUT2D eigenvalue weighted by molar-refractivity contribution is 6.34. The third-order valence-corrected chi connectivity index (χ3v) is 5.66. The first kappa shape index (κ1) is 23.1. The highest BCUT2D eigenvalue weighted by Crippen LogP contribution is 2.35. The molecule has 4 rings (SSSR count). The van der Waals surface area contributed by atoms with E-state index in [2.05, 4.69) is 20.3 Å². The lowest BCUT2D eigenvalue weighted by molar-refractivity contribution is 0.0139. The highest BCUT2D eigenvalue weighted by Gasteiger charge is 2.29. The van der Waals surface area contributed by atoms with Crippen molar-refractivity contribution in [2.75, 3.05) is 25.4 Å². The van der Waals surface area contributed by atoms with Crippen LogP contribution in [0.3, 0.4) is 0 Å². The van der Waals surface area contributed by atoms with Crippen molar-refractivity contribution in [1.29, 1.82) is 0 Å². The number of aryl methyl sites for hydroxylation is 1. The first-order chi connectivity index (χ1) is 15.7. The summed E-state index contributed by atoms with van der Waals surface area (Å²) in [5.74, 6) is 1.31. The van der Waals surface area contributed by atoms with Crippen LogP contribution in [0.5, 0.6) is 5.75 Å². The summed E-state index contributed by atoms with van der Waals surface area (Å²) in [6.07, 6.45) is 3.12. The van der Waals surface area contributed by atoms with Crippen molar-refractivity contribution >= 4 is 34.5 Å². The summed E-state index contributed by atoms with van der Waals surface area (Å²) in [5.41, 5.74) is 6.85. The molecule has 2 N–H and O–H groups in total. The van der Waals surface area contributed by atoms with E-state index in [0.717, 1.165) is 12.8 Å². The number of amides is 1. The number of nitrogens with two attached hydrogens (primary N) is 1. The Balaban J connectivity index is 1.56. The van der Waals surface area contributed by atoms with Crippen LogP contribution >= 0.6 is 11.6 Å². The molecule has 4 heterocycles.